The number of halogens is 4. The van der Waals surface area contributed by atoms with Crippen LogP contribution in [0.1, 0.15) is 37.9 Å². The molecule has 1 aliphatic rings. The minimum atomic E-state index is -4.87. The van der Waals surface area contributed by atoms with E-state index < -0.39 is 41.1 Å². The molecule has 1 N–H and O–H groups in total. The van der Waals surface area contributed by atoms with E-state index in [2.05, 4.69) is 10.3 Å². The van der Waals surface area contributed by atoms with Gasteiger partial charge in [-0.2, -0.15) is 18.4 Å². The highest BCUT2D eigenvalue weighted by molar-refractivity contribution is 7.81. The number of anilines is 3. The predicted molar refractivity (Wildman–Crippen MR) is 116 cm³/mol. The molecule has 0 radical (unpaired) electrons. The fourth-order valence-corrected chi connectivity index (χ4v) is 3.90. The summed E-state index contributed by atoms with van der Waals surface area (Å²) in [7, 11) is 0. The van der Waals surface area contributed by atoms with Gasteiger partial charge in [-0.25, -0.2) is 9.37 Å². The molecule has 7 nitrogen and oxygen atoms in total. The third-order valence-corrected chi connectivity index (χ3v) is 5.24. The highest BCUT2D eigenvalue weighted by Gasteiger charge is 2.45. The summed E-state index contributed by atoms with van der Waals surface area (Å²) in [5.74, 6) is -1.85. The number of carbonyl (C=O) groups is 2. The summed E-state index contributed by atoms with van der Waals surface area (Å²) >= 11 is 5.40. The van der Waals surface area contributed by atoms with Crippen molar-refractivity contribution >= 4 is 46.2 Å². The molecule has 1 fully saturated rings. The second-order valence-electron chi connectivity index (χ2n) is 7.18. The first kappa shape index (κ1) is 24.1. The molecule has 1 atom stereocenters. The van der Waals surface area contributed by atoms with Crippen LogP contribution in [0.4, 0.5) is 34.6 Å². The number of nitrogens with one attached hydrogen (secondary N) is 1. The maximum Gasteiger partial charge on any atom is 0.419 e. The highest BCUT2D eigenvalue weighted by Crippen LogP contribution is 2.37. The van der Waals surface area contributed by atoms with Crippen molar-refractivity contribution in [2.24, 2.45) is 0 Å². The van der Waals surface area contributed by atoms with Gasteiger partial charge in [-0.05, 0) is 42.9 Å². The van der Waals surface area contributed by atoms with Crippen LogP contribution in [0, 0.1) is 17.1 Å². The van der Waals surface area contributed by atoms with Crippen LogP contribution in [-0.4, -0.2) is 28.0 Å². The molecule has 172 valence electrons. The lowest BCUT2D eigenvalue weighted by Crippen LogP contribution is -2.35. The number of pyridine rings is 1. The smallest absolute Gasteiger partial charge is 0.324 e. The van der Waals surface area contributed by atoms with E-state index in [1.54, 1.807) is 0 Å². The van der Waals surface area contributed by atoms with Crippen LogP contribution in [0.2, 0.25) is 0 Å². The molecule has 2 aromatic rings. The summed E-state index contributed by atoms with van der Waals surface area (Å²) < 4.78 is 54.7. The van der Waals surface area contributed by atoms with Gasteiger partial charge >= 0.3 is 6.18 Å². The van der Waals surface area contributed by atoms with Gasteiger partial charge in [-0.15, -0.1) is 0 Å². The van der Waals surface area contributed by atoms with Crippen molar-refractivity contribution in [2.75, 3.05) is 15.1 Å². The molecule has 2 heterocycles. The number of alkyl halides is 3. The Morgan fingerprint density at radius 1 is 1.30 bits per heavy atom. The predicted octanol–water partition coefficient (Wildman–Crippen LogP) is 4.38. The number of hydrogen-bond acceptors (Lipinski definition) is 5. The van der Waals surface area contributed by atoms with Crippen LogP contribution >= 0.6 is 12.2 Å². The minimum absolute atomic E-state index is 0.0716. The highest BCUT2D eigenvalue weighted by atomic mass is 32.1. The number of nitriles is 1. The van der Waals surface area contributed by atoms with Crippen molar-refractivity contribution in [3.8, 4) is 6.07 Å². The fourth-order valence-electron chi connectivity index (χ4n) is 3.47. The zero-order valence-electron chi connectivity index (χ0n) is 17.4. The first-order chi connectivity index (χ1) is 15.5. The van der Waals surface area contributed by atoms with Crippen LogP contribution in [0.3, 0.4) is 0 Å². The van der Waals surface area contributed by atoms with Crippen molar-refractivity contribution in [2.45, 2.75) is 38.9 Å². The van der Waals surface area contributed by atoms with Crippen molar-refractivity contribution in [1.82, 2.24) is 4.98 Å². The zero-order chi connectivity index (χ0) is 24.5. The van der Waals surface area contributed by atoms with Crippen molar-refractivity contribution in [3.05, 3.63) is 47.5 Å². The molecule has 1 aromatic carbocycles. The minimum Gasteiger partial charge on any atom is -0.324 e. The van der Waals surface area contributed by atoms with Gasteiger partial charge in [0.1, 0.15) is 17.9 Å². The average molecular weight is 479 g/mol. The fraction of sp³-hybridized carbons (Fsp3) is 0.286. The van der Waals surface area contributed by atoms with Gasteiger partial charge in [0, 0.05) is 12.6 Å². The van der Waals surface area contributed by atoms with E-state index in [4.69, 9.17) is 17.5 Å². The summed E-state index contributed by atoms with van der Waals surface area (Å²) in [4.78, 5) is 30.2. The quantitative estimate of drug-likeness (QED) is 0.506. The Morgan fingerprint density at radius 2 is 2.00 bits per heavy atom. The number of aromatic nitrogens is 1. The molecule has 0 aliphatic carbocycles. The van der Waals surface area contributed by atoms with Gasteiger partial charge in [0.25, 0.3) is 5.91 Å². The summed E-state index contributed by atoms with van der Waals surface area (Å²) in [6, 6.07) is 4.96. The summed E-state index contributed by atoms with van der Waals surface area (Å²) in [5, 5.41) is 11.1. The molecule has 33 heavy (non-hydrogen) atoms. The molecule has 0 unspecified atom stereocenters. The number of hydrogen-bond donors (Lipinski definition) is 1. The van der Waals surface area contributed by atoms with Gasteiger partial charge in [0.05, 0.1) is 23.1 Å². The Hall–Kier alpha value is -3.59. The molecular formula is C21H17F4N5O2S. The van der Waals surface area contributed by atoms with Crippen molar-refractivity contribution < 1.29 is 27.2 Å². The van der Waals surface area contributed by atoms with E-state index in [0.717, 1.165) is 17.2 Å². The van der Waals surface area contributed by atoms with E-state index in [9.17, 15) is 27.2 Å². The Bertz CT molecular complexity index is 1180. The van der Waals surface area contributed by atoms with Gasteiger partial charge in [0.2, 0.25) is 5.91 Å². The maximum atomic E-state index is 14.5. The largest absolute Gasteiger partial charge is 0.419 e. The summed E-state index contributed by atoms with van der Waals surface area (Å²) in [5.41, 5.74) is -2.26. The number of thiocarbonyl (C=S) groups is 1. The number of rotatable bonds is 5. The lowest BCUT2D eigenvalue weighted by atomic mass is 10.1. The Labute approximate surface area is 191 Å². The first-order valence-corrected chi connectivity index (χ1v) is 10.1. The van der Waals surface area contributed by atoms with E-state index in [1.807, 2.05) is 6.92 Å². The average Bonchev–Trinajstić information content (AvgIpc) is 2.98. The molecule has 12 heteroatoms. The number of benzene rings is 1. The SMILES string of the molecule is CCC[C@@H]1C(=O)N(c2cnc(C#N)c(C(F)(F)F)c2)C(=S)N1c1ccc(NC(C)=O)c(F)c1. The number of amides is 2. The monoisotopic (exact) mass is 479 g/mol. The molecule has 1 saturated heterocycles. The molecular weight excluding hydrogens is 462 g/mol. The Kier molecular flexibility index (Phi) is 6.64. The molecule has 0 saturated carbocycles. The lowest BCUT2D eigenvalue weighted by Gasteiger charge is -2.24. The maximum absolute atomic E-state index is 14.5. The van der Waals surface area contributed by atoms with E-state index in [0.29, 0.717) is 18.9 Å². The van der Waals surface area contributed by atoms with E-state index in [-0.39, 0.29) is 22.2 Å². The molecule has 1 aliphatic heterocycles. The lowest BCUT2D eigenvalue weighted by molar-refractivity contribution is -0.138. The van der Waals surface area contributed by atoms with Crippen LogP contribution in [0.25, 0.3) is 0 Å². The molecule has 1 aromatic heterocycles. The number of nitrogens with zero attached hydrogens (tertiary/aromatic N) is 4. The summed E-state index contributed by atoms with van der Waals surface area (Å²) in [6.07, 6.45) is -3.08. The molecule has 0 bridgehead atoms. The Balaban J connectivity index is 2.07. The van der Waals surface area contributed by atoms with Crippen molar-refractivity contribution in [1.29, 1.82) is 5.26 Å². The Morgan fingerprint density at radius 3 is 2.55 bits per heavy atom. The third-order valence-electron chi connectivity index (χ3n) is 4.86. The van der Waals surface area contributed by atoms with E-state index >= 15 is 0 Å². The van der Waals surface area contributed by atoms with Crippen LogP contribution in [0.5, 0.6) is 0 Å². The van der Waals surface area contributed by atoms with Gasteiger partial charge in [0.15, 0.2) is 10.8 Å². The van der Waals surface area contributed by atoms with Gasteiger partial charge in [-0.1, -0.05) is 13.3 Å². The van der Waals surface area contributed by atoms with Crippen molar-refractivity contribution in [3.63, 3.8) is 0 Å². The summed E-state index contributed by atoms with van der Waals surface area (Å²) in [6.45, 7) is 3.03. The second-order valence-corrected chi connectivity index (χ2v) is 7.54. The normalized spacial score (nSPS) is 16.2. The molecule has 2 amide bonds. The third kappa shape index (κ3) is 4.63. The van der Waals surface area contributed by atoms with Gasteiger partial charge < -0.3 is 10.2 Å². The molecule has 0 spiro atoms. The van der Waals surface area contributed by atoms with Crippen LogP contribution < -0.4 is 15.1 Å². The van der Waals surface area contributed by atoms with Gasteiger partial charge in [-0.3, -0.25) is 14.5 Å². The topological polar surface area (TPSA) is 89.3 Å². The zero-order valence-corrected chi connectivity index (χ0v) is 18.2. The van der Waals surface area contributed by atoms with Crippen LogP contribution in [-0.2, 0) is 15.8 Å². The molecule has 3 rings (SSSR count). The standard InChI is InChI=1S/C21H17F4N5O2S/c1-3-4-18-19(32)30(13-7-14(21(23,24)25)17(9-26)27-10-13)20(33)29(18)12-5-6-16(15(22)8-12)28-11(2)31/h5-8,10,18H,3-4H2,1-2H3,(H,28,31)/t18-/m1/s1. The number of carbonyl (C=O) groups excluding carboxylic acids is 2. The van der Waals surface area contributed by atoms with Crippen LogP contribution in [0.15, 0.2) is 30.5 Å². The van der Waals surface area contributed by atoms with E-state index in [1.165, 1.54) is 30.0 Å². The second kappa shape index (κ2) is 9.11. The first-order valence-electron chi connectivity index (χ1n) is 9.71.